The highest BCUT2D eigenvalue weighted by atomic mass is 16.5. The number of carboxylic acid groups (broad SMARTS) is 1. The second-order valence-corrected chi connectivity index (χ2v) is 4.79. The van der Waals surface area contributed by atoms with Crippen molar-refractivity contribution in [2.45, 2.75) is 45.8 Å². The molecule has 0 atom stereocenters. The van der Waals surface area contributed by atoms with Crippen LogP contribution in [0.5, 0.6) is 0 Å². The Morgan fingerprint density at radius 3 is 2.65 bits per heavy atom. The molecular weight excluding hydrogens is 254 g/mol. The first-order chi connectivity index (χ1) is 9.74. The van der Waals surface area contributed by atoms with E-state index in [0.29, 0.717) is 6.61 Å². The smallest absolute Gasteiger partial charge is 0.303 e. The van der Waals surface area contributed by atoms with Gasteiger partial charge in [-0.25, -0.2) is 0 Å². The average Bonchev–Trinajstić information content (AvgIpc) is 2.44. The normalized spacial score (nSPS) is 10.7. The fourth-order valence-corrected chi connectivity index (χ4v) is 2.01. The summed E-state index contributed by atoms with van der Waals surface area (Å²) in [4.78, 5) is 10.4. The van der Waals surface area contributed by atoms with E-state index >= 15 is 0 Å². The number of carboxylic acids is 1. The topological polar surface area (TPSA) is 58.6 Å². The summed E-state index contributed by atoms with van der Waals surface area (Å²) in [6.45, 7) is 5.14. The predicted molar refractivity (Wildman–Crippen MR) is 79.6 cm³/mol. The summed E-state index contributed by atoms with van der Waals surface area (Å²) in [5.74, 6) is -0.706. The number of nitrogens with one attached hydrogen (secondary N) is 1. The van der Waals surface area contributed by atoms with Gasteiger partial charge in [0.2, 0.25) is 0 Å². The molecule has 0 saturated heterocycles. The largest absolute Gasteiger partial charge is 0.481 e. The van der Waals surface area contributed by atoms with Gasteiger partial charge in [-0.3, -0.25) is 4.79 Å². The minimum Gasteiger partial charge on any atom is -0.481 e. The Morgan fingerprint density at radius 1 is 1.20 bits per heavy atom. The summed E-state index contributed by atoms with van der Waals surface area (Å²) in [7, 11) is 0. The molecule has 0 aromatic heterocycles. The van der Waals surface area contributed by atoms with Crippen LogP contribution in [0.4, 0.5) is 0 Å². The van der Waals surface area contributed by atoms with Gasteiger partial charge in [0.15, 0.2) is 0 Å². The number of hydrogen-bond acceptors (Lipinski definition) is 3. The monoisotopic (exact) mass is 279 g/mol. The zero-order valence-corrected chi connectivity index (χ0v) is 12.2. The van der Waals surface area contributed by atoms with Gasteiger partial charge in [-0.15, -0.1) is 0 Å². The number of hydrogen-bond donors (Lipinski definition) is 2. The molecule has 0 unspecified atom stereocenters. The van der Waals surface area contributed by atoms with Crippen LogP contribution in [0.25, 0.3) is 0 Å². The third-order valence-electron chi connectivity index (χ3n) is 3.14. The van der Waals surface area contributed by atoms with Crippen LogP contribution in [-0.4, -0.2) is 24.2 Å². The maximum absolute atomic E-state index is 10.4. The van der Waals surface area contributed by atoms with Crippen molar-refractivity contribution in [2.24, 2.45) is 0 Å². The van der Waals surface area contributed by atoms with Gasteiger partial charge in [0.25, 0.3) is 0 Å². The van der Waals surface area contributed by atoms with Crippen LogP contribution in [0.3, 0.4) is 0 Å². The summed E-state index contributed by atoms with van der Waals surface area (Å²) in [5.41, 5.74) is 2.50. The standard InChI is InChI=1S/C16H25NO3/c1-2-20-13-15-9-6-5-8-14(15)12-17-11-7-3-4-10-16(18)19/h5-6,8-9,17H,2-4,7,10-13H2,1H3,(H,18,19). The lowest BCUT2D eigenvalue weighted by molar-refractivity contribution is -0.137. The summed E-state index contributed by atoms with van der Waals surface area (Å²) in [6.07, 6.45) is 3.01. The van der Waals surface area contributed by atoms with E-state index in [4.69, 9.17) is 9.84 Å². The molecule has 4 nitrogen and oxygen atoms in total. The van der Waals surface area contributed by atoms with Crippen molar-refractivity contribution in [3.8, 4) is 0 Å². The first-order valence-electron chi connectivity index (χ1n) is 7.31. The molecular formula is C16H25NO3. The molecule has 1 rings (SSSR count). The fourth-order valence-electron chi connectivity index (χ4n) is 2.01. The second-order valence-electron chi connectivity index (χ2n) is 4.79. The Morgan fingerprint density at radius 2 is 1.95 bits per heavy atom. The van der Waals surface area contributed by atoms with Gasteiger partial charge in [0, 0.05) is 19.6 Å². The van der Waals surface area contributed by atoms with Gasteiger partial charge < -0.3 is 15.2 Å². The molecule has 0 aliphatic carbocycles. The molecule has 0 aliphatic rings. The molecule has 20 heavy (non-hydrogen) atoms. The highest BCUT2D eigenvalue weighted by Crippen LogP contribution is 2.10. The molecule has 0 amide bonds. The third-order valence-corrected chi connectivity index (χ3v) is 3.14. The lowest BCUT2D eigenvalue weighted by Gasteiger charge is -2.10. The molecule has 1 aromatic carbocycles. The lowest BCUT2D eigenvalue weighted by Crippen LogP contribution is -2.16. The Hall–Kier alpha value is -1.39. The summed E-state index contributed by atoms with van der Waals surface area (Å²) < 4.78 is 5.46. The lowest BCUT2D eigenvalue weighted by atomic mass is 10.1. The Kier molecular flexibility index (Phi) is 8.67. The first kappa shape index (κ1) is 16.7. The highest BCUT2D eigenvalue weighted by molar-refractivity contribution is 5.66. The van der Waals surface area contributed by atoms with E-state index in [0.717, 1.165) is 39.0 Å². The minimum atomic E-state index is -0.706. The average molecular weight is 279 g/mol. The number of rotatable bonds is 11. The van der Waals surface area contributed by atoms with Gasteiger partial charge in [-0.05, 0) is 37.4 Å². The Bertz CT molecular complexity index is 393. The zero-order valence-electron chi connectivity index (χ0n) is 12.2. The van der Waals surface area contributed by atoms with Crippen molar-refractivity contribution in [1.82, 2.24) is 5.32 Å². The maximum atomic E-state index is 10.4. The van der Waals surface area contributed by atoms with Crippen LogP contribution in [0.15, 0.2) is 24.3 Å². The highest BCUT2D eigenvalue weighted by Gasteiger charge is 2.01. The number of aliphatic carboxylic acids is 1. The minimum absolute atomic E-state index is 0.275. The summed E-state index contributed by atoms with van der Waals surface area (Å²) in [6, 6.07) is 8.29. The molecule has 0 heterocycles. The maximum Gasteiger partial charge on any atom is 0.303 e. The van der Waals surface area contributed by atoms with Crippen molar-refractivity contribution in [3.05, 3.63) is 35.4 Å². The van der Waals surface area contributed by atoms with Gasteiger partial charge in [-0.2, -0.15) is 0 Å². The molecule has 4 heteroatoms. The third kappa shape index (κ3) is 7.26. The Balaban J connectivity index is 2.19. The zero-order chi connectivity index (χ0) is 14.6. The molecule has 0 radical (unpaired) electrons. The van der Waals surface area contributed by atoms with Crippen LogP contribution in [0.2, 0.25) is 0 Å². The van der Waals surface area contributed by atoms with Gasteiger partial charge in [0.05, 0.1) is 6.61 Å². The van der Waals surface area contributed by atoms with E-state index < -0.39 is 5.97 Å². The van der Waals surface area contributed by atoms with E-state index in [2.05, 4.69) is 17.4 Å². The number of ether oxygens (including phenoxy) is 1. The molecule has 2 N–H and O–H groups in total. The Labute approximate surface area is 121 Å². The van der Waals surface area contributed by atoms with Crippen LogP contribution in [0, 0.1) is 0 Å². The molecule has 0 saturated carbocycles. The predicted octanol–water partition coefficient (Wildman–Crippen LogP) is 2.96. The van der Waals surface area contributed by atoms with Crippen molar-refractivity contribution in [2.75, 3.05) is 13.2 Å². The van der Waals surface area contributed by atoms with Crippen LogP contribution < -0.4 is 5.32 Å². The summed E-state index contributed by atoms with van der Waals surface area (Å²) >= 11 is 0. The molecule has 0 spiro atoms. The number of carbonyl (C=O) groups is 1. The van der Waals surface area contributed by atoms with Crippen molar-refractivity contribution >= 4 is 5.97 Å². The SMILES string of the molecule is CCOCc1ccccc1CNCCCCCC(=O)O. The molecule has 1 aromatic rings. The quantitative estimate of drug-likeness (QED) is 0.611. The summed E-state index contributed by atoms with van der Waals surface area (Å²) in [5, 5.41) is 11.9. The number of benzene rings is 1. The van der Waals surface area contributed by atoms with E-state index in [1.165, 1.54) is 11.1 Å². The van der Waals surface area contributed by atoms with Gasteiger partial charge in [0.1, 0.15) is 0 Å². The van der Waals surface area contributed by atoms with E-state index in [-0.39, 0.29) is 6.42 Å². The van der Waals surface area contributed by atoms with Crippen LogP contribution >= 0.6 is 0 Å². The van der Waals surface area contributed by atoms with Crippen molar-refractivity contribution in [3.63, 3.8) is 0 Å². The molecule has 0 bridgehead atoms. The van der Waals surface area contributed by atoms with Crippen LogP contribution in [-0.2, 0) is 22.7 Å². The van der Waals surface area contributed by atoms with E-state index in [1.807, 2.05) is 19.1 Å². The van der Waals surface area contributed by atoms with E-state index in [9.17, 15) is 4.79 Å². The molecule has 0 aliphatic heterocycles. The second kappa shape index (κ2) is 10.4. The van der Waals surface area contributed by atoms with Crippen molar-refractivity contribution < 1.29 is 14.6 Å². The van der Waals surface area contributed by atoms with E-state index in [1.54, 1.807) is 0 Å². The molecule has 112 valence electrons. The number of unbranched alkanes of at least 4 members (excludes halogenated alkanes) is 2. The first-order valence-corrected chi connectivity index (χ1v) is 7.31. The van der Waals surface area contributed by atoms with Crippen molar-refractivity contribution in [1.29, 1.82) is 0 Å². The van der Waals surface area contributed by atoms with Gasteiger partial charge in [-0.1, -0.05) is 30.7 Å². The molecule has 0 fully saturated rings. The fraction of sp³-hybridized carbons (Fsp3) is 0.562. The van der Waals surface area contributed by atoms with Gasteiger partial charge >= 0.3 is 5.97 Å². The van der Waals surface area contributed by atoms with Crippen LogP contribution in [0.1, 0.15) is 43.7 Å².